The molecule has 0 aliphatic carbocycles. The molecular formula is C61H38N2. The lowest BCUT2D eigenvalue weighted by Crippen LogP contribution is -1.98. The number of pyridine rings is 1. The zero-order valence-corrected chi connectivity index (χ0v) is 34.3. The van der Waals surface area contributed by atoms with Crippen molar-refractivity contribution in [2.45, 2.75) is 0 Å². The lowest BCUT2D eigenvalue weighted by atomic mass is 9.90. The molecule has 0 aliphatic rings. The van der Waals surface area contributed by atoms with E-state index in [1.54, 1.807) is 0 Å². The Kier molecular flexibility index (Phi) is 7.94. The molecule has 0 radical (unpaired) electrons. The number of aromatic nitrogens is 2. The van der Waals surface area contributed by atoms with Crippen LogP contribution in [0, 0.1) is 0 Å². The lowest BCUT2D eigenvalue weighted by Gasteiger charge is -2.15. The first-order chi connectivity index (χ1) is 31.2. The summed E-state index contributed by atoms with van der Waals surface area (Å²) in [6.45, 7) is 0. The predicted molar refractivity (Wildman–Crippen MR) is 268 cm³/mol. The van der Waals surface area contributed by atoms with Crippen molar-refractivity contribution in [1.29, 1.82) is 0 Å². The van der Waals surface area contributed by atoms with Gasteiger partial charge in [0, 0.05) is 21.9 Å². The second-order valence-corrected chi connectivity index (χ2v) is 16.7. The number of fused-ring (bicyclic) bond motifs is 11. The molecule has 0 spiro atoms. The number of hydrogen-bond donors (Lipinski definition) is 0. The molecule has 0 bridgehead atoms. The Morgan fingerprint density at radius 3 is 1.52 bits per heavy atom. The lowest BCUT2D eigenvalue weighted by molar-refractivity contribution is 1.16. The standard InChI is InChI=1S/C61H38N2/c1-3-16-41(17-4-1)58-35-47(36-59(62-58)42-18-5-2-6-19-42)63-60-31-29-46(49-25-13-21-40-15-9-10-22-48(40)49)34-56(60)57-37-54-51-24-12-11-23-50(51)53-33-45(28-30-52(53)55(54)38-61(57)63)44-27-26-39-14-7-8-20-43(39)32-44/h1-38H. The molecule has 2 nitrogen and oxygen atoms in total. The highest BCUT2D eigenvalue weighted by atomic mass is 15.0. The zero-order chi connectivity index (χ0) is 41.4. The first-order valence-electron chi connectivity index (χ1n) is 21.7. The molecule has 0 N–H and O–H groups in total. The predicted octanol–water partition coefficient (Wildman–Crippen LogP) is 16.6. The van der Waals surface area contributed by atoms with E-state index < -0.39 is 0 Å². The molecule has 0 saturated carbocycles. The molecule has 0 aliphatic heterocycles. The first kappa shape index (κ1) is 35.4. The summed E-state index contributed by atoms with van der Waals surface area (Å²) in [4.78, 5) is 5.29. The fraction of sp³-hybridized carbons (Fsp3) is 0. The van der Waals surface area contributed by atoms with Gasteiger partial charge in [-0.05, 0) is 125 Å². The van der Waals surface area contributed by atoms with Crippen LogP contribution in [-0.4, -0.2) is 9.55 Å². The Balaban J connectivity index is 1.13. The molecule has 0 unspecified atom stereocenters. The summed E-state index contributed by atoms with van der Waals surface area (Å²) in [6.07, 6.45) is 0. The van der Waals surface area contributed by atoms with Crippen LogP contribution >= 0.6 is 0 Å². The van der Waals surface area contributed by atoms with Crippen LogP contribution in [0.3, 0.4) is 0 Å². The molecule has 0 atom stereocenters. The van der Waals surface area contributed by atoms with Crippen LogP contribution in [0.5, 0.6) is 0 Å². The van der Waals surface area contributed by atoms with Gasteiger partial charge in [-0.2, -0.15) is 0 Å². The third-order valence-electron chi connectivity index (χ3n) is 13.1. The van der Waals surface area contributed by atoms with Crippen LogP contribution in [-0.2, 0) is 0 Å². The summed E-state index contributed by atoms with van der Waals surface area (Å²) in [5.74, 6) is 0. The van der Waals surface area contributed by atoms with Crippen molar-refractivity contribution in [3.05, 3.63) is 231 Å². The van der Waals surface area contributed by atoms with Crippen molar-refractivity contribution in [2.75, 3.05) is 0 Å². The Morgan fingerprint density at radius 2 is 0.778 bits per heavy atom. The van der Waals surface area contributed by atoms with E-state index in [0.29, 0.717) is 0 Å². The van der Waals surface area contributed by atoms with Crippen molar-refractivity contribution in [2.24, 2.45) is 0 Å². The molecule has 2 heterocycles. The van der Waals surface area contributed by atoms with E-state index in [1.807, 2.05) is 0 Å². The van der Waals surface area contributed by atoms with Crippen LogP contribution in [0.4, 0.5) is 0 Å². The second-order valence-electron chi connectivity index (χ2n) is 16.7. The molecule has 13 rings (SSSR count). The maximum absolute atomic E-state index is 5.29. The maximum atomic E-state index is 5.29. The van der Waals surface area contributed by atoms with Gasteiger partial charge in [0.05, 0.1) is 28.1 Å². The molecule has 0 saturated heterocycles. The highest BCUT2D eigenvalue weighted by Crippen LogP contribution is 2.44. The normalized spacial score (nSPS) is 11.8. The average molecular weight is 799 g/mol. The van der Waals surface area contributed by atoms with Gasteiger partial charge in [0.2, 0.25) is 0 Å². The van der Waals surface area contributed by atoms with E-state index in [2.05, 4.69) is 235 Å². The summed E-state index contributed by atoms with van der Waals surface area (Å²) < 4.78 is 2.47. The van der Waals surface area contributed by atoms with Gasteiger partial charge >= 0.3 is 0 Å². The maximum Gasteiger partial charge on any atom is 0.0730 e. The summed E-state index contributed by atoms with van der Waals surface area (Å²) in [7, 11) is 0. The number of hydrogen-bond acceptors (Lipinski definition) is 1. The van der Waals surface area contributed by atoms with Crippen molar-refractivity contribution < 1.29 is 0 Å². The van der Waals surface area contributed by atoms with Crippen LogP contribution in [0.1, 0.15) is 0 Å². The Hall–Kier alpha value is -8.33. The minimum atomic E-state index is 0.938. The molecule has 63 heavy (non-hydrogen) atoms. The van der Waals surface area contributed by atoms with E-state index >= 15 is 0 Å². The third-order valence-corrected chi connectivity index (χ3v) is 13.1. The topological polar surface area (TPSA) is 17.8 Å². The molecule has 2 heteroatoms. The molecule has 11 aromatic carbocycles. The van der Waals surface area contributed by atoms with Gasteiger partial charge in [-0.15, -0.1) is 0 Å². The van der Waals surface area contributed by atoms with Gasteiger partial charge in [0.15, 0.2) is 0 Å². The van der Waals surface area contributed by atoms with Crippen molar-refractivity contribution >= 4 is 75.7 Å². The van der Waals surface area contributed by atoms with Gasteiger partial charge in [0.1, 0.15) is 0 Å². The smallest absolute Gasteiger partial charge is 0.0730 e. The van der Waals surface area contributed by atoms with E-state index in [4.69, 9.17) is 4.98 Å². The first-order valence-corrected chi connectivity index (χ1v) is 21.7. The van der Waals surface area contributed by atoms with Gasteiger partial charge in [-0.1, -0.05) is 182 Å². The molecule has 292 valence electrons. The van der Waals surface area contributed by atoms with Crippen molar-refractivity contribution in [3.63, 3.8) is 0 Å². The largest absolute Gasteiger partial charge is 0.309 e. The van der Waals surface area contributed by atoms with E-state index in [0.717, 1.165) is 39.2 Å². The fourth-order valence-electron chi connectivity index (χ4n) is 10.1. The number of nitrogens with zero attached hydrogens (tertiary/aromatic N) is 2. The molecule has 0 amide bonds. The van der Waals surface area contributed by atoms with Gasteiger partial charge in [-0.25, -0.2) is 4.98 Å². The minimum absolute atomic E-state index is 0.938. The van der Waals surface area contributed by atoms with Gasteiger partial charge in [-0.3, -0.25) is 0 Å². The third kappa shape index (κ3) is 5.76. The quantitative estimate of drug-likeness (QED) is 0.159. The Bertz CT molecular complexity index is 3890. The van der Waals surface area contributed by atoms with Crippen LogP contribution in [0.2, 0.25) is 0 Å². The second kappa shape index (κ2) is 14.1. The summed E-state index contributed by atoms with van der Waals surface area (Å²) in [5.41, 5.74) is 12.3. The highest BCUT2D eigenvalue weighted by molar-refractivity contribution is 6.29. The van der Waals surface area contributed by atoms with E-state index in [1.165, 1.54) is 86.9 Å². The number of rotatable bonds is 5. The average Bonchev–Trinajstić information content (AvgIpc) is 3.68. The molecular weight excluding hydrogens is 761 g/mol. The van der Waals surface area contributed by atoms with Crippen LogP contribution in [0.25, 0.3) is 126 Å². The van der Waals surface area contributed by atoms with Crippen LogP contribution < -0.4 is 0 Å². The molecule has 0 fully saturated rings. The fourth-order valence-corrected chi connectivity index (χ4v) is 10.1. The van der Waals surface area contributed by atoms with E-state index in [-0.39, 0.29) is 0 Å². The SMILES string of the molecule is c1ccc(-c2cc(-n3c4ccc(-c5cccc6ccccc56)cc4c4cc5c6ccccc6c6cc(-c7ccc8ccccc8c7)ccc6c5cc43)cc(-c3ccccc3)n2)cc1. The minimum Gasteiger partial charge on any atom is -0.309 e. The monoisotopic (exact) mass is 798 g/mol. The van der Waals surface area contributed by atoms with Gasteiger partial charge in [0.25, 0.3) is 0 Å². The summed E-state index contributed by atoms with van der Waals surface area (Å²) >= 11 is 0. The Morgan fingerprint density at radius 1 is 0.254 bits per heavy atom. The van der Waals surface area contributed by atoms with Crippen LogP contribution in [0.15, 0.2) is 231 Å². The van der Waals surface area contributed by atoms with E-state index in [9.17, 15) is 0 Å². The zero-order valence-electron chi connectivity index (χ0n) is 34.3. The molecule has 13 aromatic rings. The molecule has 2 aromatic heterocycles. The van der Waals surface area contributed by atoms with Crippen molar-refractivity contribution in [3.8, 4) is 50.5 Å². The van der Waals surface area contributed by atoms with Gasteiger partial charge < -0.3 is 4.57 Å². The number of benzene rings is 11. The highest BCUT2D eigenvalue weighted by Gasteiger charge is 2.20. The van der Waals surface area contributed by atoms with Crippen molar-refractivity contribution in [1.82, 2.24) is 9.55 Å². The summed E-state index contributed by atoms with van der Waals surface area (Å²) in [6, 6.07) is 84.3. The summed E-state index contributed by atoms with van der Waals surface area (Å²) in [5, 5.41) is 14.9. The Labute approximate surface area is 364 Å².